The van der Waals surface area contributed by atoms with Crippen molar-refractivity contribution in [3.05, 3.63) is 63.6 Å². The summed E-state index contributed by atoms with van der Waals surface area (Å²) in [4.78, 5) is 27.9. The van der Waals surface area contributed by atoms with Crippen molar-refractivity contribution in [2.24, 2.45) is 0 Å². The van der Waals surface area contributed by atoms with Crippen molar-refractivity contribution in [3.8, 4) is 5.75 Å². The van der Waals surface area contributed by atoms with Crippen LogP contribution >= 0.6 is 15.9 Å². The number of halogens is 1. The number of aryl methyl sites for hydroxylation is 1. The summed E-state index contributed by atoms with van der Waals surface area (Å²) in [6, 6.07) is 13.4. The van der Waals surface area contributed by atoms with Crippen molar-refractivity contribution in [2.75, 3.05) is 13.2 Å². The maximum absolute atomic E-state index is 13.3. The molecule has 6 heteroatoms. The fourth-order valence-electron chi connectivity index (χ4n) is 3.65. The highest BCUT2D eigenvalue weighted by Gasteiger charge is 2.29. The summed E-state index contributed by atoms with van der Waals surface area (Å²) < 4.78 is 6.69. The van der Waals surface area contributed by atoms with E-state index in [-0.39, 0.29) is 18.4 Å². The van der Waals surface area contributed by atoms with Crippen LogP contribution in [0.5, 0.6) is 5.75 Å². The smallest absolute Gasteiger partial charge is 0.261 e. The van der Waals surface area contributed by atoms with E-state index in [0.717, 1.165) is 28.4 Å². The van der Waals surface area contributed by atoms with Crippen LogP contribution in [0.1, 0.15) is 69.6 Å². The van der Waals surface area contributed by atoms with Crippen LogP contribution in [0.15, 0.2) is 46.9 Å². The van der Waals surface area contributed by atoms with E-state index < -0.39 is 6.04 Å². The van der Waals surface area contributed by atoms with Crippen molar-refractivity contribution in [2.45, 2.75) is 72.4 Å². The number of unbranched alkanes of at least 4 members (excludes halogenated alkanes) is 1. The number of ether oxygens (including phenoxy) is 1. The van der Waals surface area contributed by atoms with Gasteiger partial charge in [-0.3, -0.25) is 9.59 Å². The molecule has 2 amide bonds. The Bertz CT molecular complexity index is 929. The zero-order chi connectivity index (χ0) is 24.4. The Morgan fingerprint density at radius 3 is 2.48 bits per heavy atom. The molecule has 0 radical (unpaired) electrons. The molecule has 2 rings (SSSR count). The van der Waals surface area contributed by atoms with Crippen LogP contribution in [0.25, 0.3) is 0 Å². The van der Waals surface area contributed by atoms with Gasteiger partial charge in [-0.2, -0.15) is 0 Å². The summed E-state index contributed by atoms with van der Waals surface area (Å²) in [6.45, 7) is 11.1. The second-order valence-electron chi connectivity index (χ2n) is 8.71. The predicted octanol–water partition coefficient (Wildman–Crippen LogP) is 5.98. The highest BCUT2D eigenvalue weighted by atomic mass is 79.9. The number of rotatable bonds is 12. The standard InChI is InChI=1S/C27H37BrN2O3/c1-6-8-14-29-27(32)24(7-2)30(17-21-11-9-10-20(5)15-21)26(31)18-33-25-13-12-22(19(3)4)16-23(25)28/h9-13,15-16,19,24H,6-8,14,17-18H2,1-5H3,(H,29,32). The van der Waals surface area contributed by atoms with Gasteiger partial charge in [0.1, 0.15) is 11.8 Å². The molecule has 0 saturated carbocycles. The molecule has 0 aliphatic rings. The molecule has 0 aliphatic carbocycles. The zero-order valence-electron chi connectivity index (χ0n) is 20.5. The van der Waals surface area contributed by atoms with Gasteiger partial charge in [-0.05, 0) is 64.9 Å². The molecule has 0 aromatic heterocycles. The van der Waals surface area contributed by atoms with Gasteiger partial charge in [0.25, 0.3) is 5.91 Å². The molecule has 0 saturated heterocycles. The van der Waals surface area contributed by atoms with Gasteiger partial charge in [0.15, 0.2) is 6.61 Å². The van der Waals surface area contributed by atoms with Gasteiger partial charge in [0.05, 0.1) is 4.47 Å². The number of nitrogens with one attached hydrogen (secondary N) is 1. The molecule has 0 spiro atoms. The van der Waals surface area contributed by atoms with Gasteiger partial charge in [-0.15, -0.1) is 0 Å². The highest BCUT2D eigenvalue weighted by Crippen LogP contribution is 2.29. The molecule has 1 unspecified atom stereocenters. The number of carbonyl (C=O) groups excluding carboxylic acids is 2. The summed E-state index contributed by atoms with van der Waals surface area (Å²) in [5, 5.41) is 2.99. The Hall–Kier alpha value is -2.34. The number of benzene rings is 2. The normalized spacial score (nSPS) is 11.8. The predicted molar refractivity (Wildman–Crippen MR) is 137 cm³/mol. The van der Waals surface area contributed by atoms with Crippen molar-refractivity contribution >= 4 is 27.7 Å². The van der Waals surface area contributed by atoms with Crippen LogP contribution in [0.2, 0.25) is 0 Å². The Balaban J connectivity index is 2.20. The second-order valence-corrected chi connectivity index (χ2v) is 9.57. The summed E-state index contributed by atoms with van der Waals surface area (Å²) in [7, 11) is 0. The maximum Gasteiger partial charge on any atom is 0.261 e. The number of nitrogens with zero attached hydrogens (tertiary/aromatic N) is 1. The summed E-state index contributed by atoms with van der Waals surface area (Å²) in [5.41, 5.74) is 3.30. The lowest BCUT2D eigenvalue weighted by molar-refractivity contribution is -0.143. The molecule has 180 valence electrons. The SMILES string of the molecule is CCCCNC(=O)C(CC)N(Cc1cccc(C)c1)C(=O)COc1ccc(C(C)C)cc1Br. The molecule has 0 aliphatic heterocycles. The topological polar surface area (TPSA) is 58.6 Å². The summed E-state index contributed by atoms with van der Waals surface area (Å²) >= 11 is 3.55. The van der Waals surface area contributed by atoms with E-state index in [1.54, 1.807) is 4.90 Å². The highest BCUT2D eigenvalue weighted by molar-refractivity contribution is 9.10. The van der Waals surface area contributed by atoms with Gasteiger partial charge in [-0.1, -0.05) is 70.0 Å². The molecule has 5 nitrogen and oxygen atoms in total. The molecule has 1 N–H and O–H groups in total. The first kappa shape index (κ1) is 26.9. The van der Waals surface area contributed by atoms with Crippen molar-refractivity contribution in [1.82, 2.24) is 10.2 Å². The van der Waals surface area contributed by atoms with Gasteiger partial charge >= 0.3 is 0 Å². The third-order valence-corrected chi connectivity index (χ3v) is 6.24. The van der Waals surface area contributed by atoms with Crippen LogP contribution in [-0.4, -0.2) is 35.9 Å². The van der Waals surface area contributed by atoms with Gasteiger partial charge < -0.3 is 15.0 Å². The second kappa shape index (κ2) is 13.4. The molecular formula is C27H37BrN2O3. The number of amides is 2. The van der Waals surface area contributed by atoms with Crippen LogP contribution in [-0.2, 0) is 16.1 Å². The number of hydrogen-bond donors (Lipinski definition) is 1. The fraction of sp³-hybridized carbons (Fsp3) is 0.481. The van der Waals surface area contributed by atoms with Gasteiger partial charge in [0, 0.05) is 13.1 Å². The maximum atomic E-state index is 13.3. The molecule has 2 aromatic carbocycles. The molecule has 0 heterocycles. The van der Waals surface area contributed by atoms with Crippen molar-refractivity contribution in [3.63, 3.8) is 0 Å². The molecular weight excluding hydrogens is 480 g/mol. The minimum Gasteiger partial charge on any atom is -0.483 e. The lowest BCUT2D eigenvalue weighted by atomic mass is 10.0. The number of carbonyl (C=O) groups is 2. The van der Waals surface area contributed by atoms with Crippen LogP contribution in [0.3, 0.4) is 0 Å². The van der Waals surface area contributed by atoms with E-state index in [2.05, 4.69) is 42.0 Å². The quantitative estimate of drug-likeness (QED) is 0.352. The lowest BCUT2D eigenvalue weighted by Crippen LogP contribution is -2.50. The minimum absolute atomic E-state index is 0.116. The first-order valence-corrected chi connectivity index (χ1v) is 12.6. The molecule has 2 aromatic rings. The lowest BCUT2D eigenvalue weighted by Gasteiger charge is -2.30. The molecule has 1 atom stereocenters. The largest absolute Gasteiger partial charge is 0.483 e. The monoisotopic (exact) mass is 516 g/mol. The first-order valence-electron chi connectivity index (χ1n) is 11.8. The Morgan fingerprint density at radius 1 is 1.12 bits per heavy atom. The third-order valence-electron chi connectivity index (χ3n) is 5.62. The van der Waals surface area contributed by atoms with E-state index in [1.807, 2.05) is 56.3 Å². The Labute approximate surface area is 207 Å². The average molecular weight is 518 g/mol. The van der Waals surface area contributed by atoms with Crippen molar-refractivity contribution < 1.29 is 14.3 Å². The first-order chi connectivity index (χ1) is 15.8. The molecule has 0 bridgehead atoms. The zero-order valence-corrected chi connectivity index (χ0v) is 22.1. The third kappa shape index (κ3) is 8.18. The Morgan fingerprint density at radius 2 is 1.88 bits per heavy atom. The average Bonchev–Trinajstić information content (AvgIpc) is 2.78. The van der Waals surface area contributed by atoms with E-state index in [1.165, 1.54) is 5.56 Å². The van der Waals surface area contributed by atoms with Crippen LogP contribution < -0.4 is 10.1 Å². The van der Waals surface area contributed by atoms with Gasteiger partial charge in [0.2, 0.25) is 5.91 Å². The van der Waals surface area contributed by atoms with E-state index >= 15 is 0 Å². The van der Waals surface area contributed by atoms with E-state index in [9.17, 15) is 9.59 Å². The van der Waals surface area contributed by atoms with E-state index in [0.29, 0.717) is 31.2 Å². The van der Waals surface area contributed by atoms with Gasteiger partial charge in [-0.25, -0.2) is 0 Å². The van der Waals surface area contributed by atoms with E-state index in [4.69, 9.17) is 4.74 Å². The summed E-state index contributed by atoms with van der Waals surface area (Å²) in [6.07, 6.45) is 2.45. The molecule has 33 heavy (non-hydrogen) atoms. The Kier molecular flexibility index (Phi) is 10.9. The number of hydrogen-bond acceptors (Lipinski definition) is 3. The molecule has 0 fully saturated rings. The van der Waals surface area contributed by atoms with Crippen LogP contribution in [0.4, 0.5) is 0 Å². The minimum atomic E-state index is -0.551. The fourth-order valence-corrected chi connectivity index (χ4v) is 4.16. The van der Waals surface area contributed by atoms with Crippen molar-refractivity contribution in [1.29, 1.82) is 0 Å². The van der Waals surface area contributed by atoms with Crippen LogP contribution in [0, 0.1) is 6.92 Å². The summed E-state index contributed by atoms with van der Waals surface area (Å²) in [5.74, 6) is 0.685.